The zero-order chi connectivity index (χ0) is 21.3. The van der Waals surface area contributed by atoms with Gasteiger partial charge in [0.25, 0.3) is 0 Å². The molecule has 7 nitrogen and oxygen atoms in total. The first-order chi connectivity index (χ1) is 14.4. The number of hydrogen-bond donors (Lipinski definition) is 1. The lowest BCUT2D eigenvalue weighted by molar-refractivity contribution is -0.115. The highest BCUT2D eigenvalue weighted by atomic mass is 32.2. The van der Waals surface area contributed by atoms with E-state index in [0.717, 1.165) is 10.9 Å². The lowest BCUT2D eigenvalue weighted by Crippen LogP contribution is -2.23. The highest BCUT2D eigenvalue weighted by Crippen LogP contribution is 2.27. The highest BCUT2D eigenvalue weighted by Gasteiger charge is 2.20. The Bertz CT molecular complexity index is 1210. The van der Waals surface area contributed by atoms with Crippen LogP contribution in [0.3, 0.4) is 0 Å². The van der Waals surface area contributed by atoms with Crippen molar-refractivity contribution in [2.75, 3.05) is 5.32 Å². The quantitative estimate of drug-likeness (QED) is 0.363. The van der Waals surface area contributed by atoms with Crippen molar-refractivity contribution in [1.82, 2.24) is 19.6 Å². The van der Waals surface area contributed by atoms with Gasteiger partial charge in [-0.05, 0) is 50.2 Å². The monoisotopic (exact) mass is 429 g/mol. The van der Waals surface area contributed by atoms with Gasteiger partial charge in [0.2, 0.25) is 5.91 Å². The molecular weight excluding hydrogens is 412 g/mol. The topological polar surface area (TPSA) is 81.4 Å². The number of amides is 1. The van der Waals surface area contributed by atoms with Gasteiger partial charge in [0, 0.05) is 11.1 Å². The number of nitrogens with one attached hydrogen (secondary N) is 1. The summed E-state index contributed by atoms with van der Waals surface area (Å²) < 4.78 is 30.4. The zero-order valence-corrected chi connectivity index (χ0v) is 16.9. The van der Waals surface area contributed by atoms with Gasteiger partial charge in [-0.25, -0.2) is 9.97 Å². The second-order valence-corrected chi connectivity index (χ2v) is 7.77. The summed E-state index contributed by atoms with van der Waals surface area (Å²) >= 11 is 1.25. The number of nitrogens with zero attached hydrogens (tertiary/aromatic N) is 4. The maximum Gasteiger partial charge on any atom is 0.387 e. The molecule has 1 N–H and O–H groups in total. The number of aryl methyl sites for hydroxylation is 1. The molecule has 0 fully saturated rings. The summed E-state index contributed by atoms with van der Waals surface area (Å²) in [4.78, 5) is 21.8. The maximum atomic E-state index is 12.6. The van der Waals surface area contributed by atoms with Gasteiger partial charge in [0.05, 0.1) is 10.8 Å². The van der Waals surface area contributed by atoms with Crippen molar-refractivity contribution in [3.8, 4) is 5.75 Å². The number of fused-ring (bicyclic) bond motifs is 3. The van der Waals surface area contributed by atoms with Gasteiger partial charge >= 0.3 is 6.61 Å². The SMILES string of the molecule is Cc1nc2c3ccccc3nc(SC(C)C(=O)Nc3ccc(OC(F)F)cc3)n2n1. The molecule has 4 aromatic rings. The van der Waals surface area contributed by atoms with Crippen LogP contribution in [0.4, 0.5) is 14.5 Å². The molecule has 1 amide bonds. The molecule has 0 saturated carbocycles. The number of alkyl halides is 2. The van der Waals surface area contributed by atoms with Crippen LogP contribution >= 0.6 is 11.8 Å². The van der Waals surface area contributed by atoms with Crippen LogP contribution in [-0.2, 0) is 4.79 Å². The number of para-hydroxylation sites is 1. The smallest absolute Gasteiger partial charge is 0.387 e. The van der Waals surface area contributed by atoms with Crippen molar-refractivity contribution in [3.05, 3.63) is 54.4 Å². The van der Waals surface area contributed by atoms with E-state index in [1.165, 1.54) is 36.0 Å². The van der Waals surface area contributed by atoms with Crippen LogP contribution < -0.4 is 10.1 Å². The van der Waals surface area contributed by atoms with Gasteiger partial charge in [-0.15, -0.1) is 5.10 Å². The number of benzene rings is 2. The van der Waals surface area contributed by atoms with Crippen molar-refractivity contribution in [2.24, 2.45) is 0 Å². The molecule has 2 aromatic heterocycles. The largest absolute Gasteiger partial charge is 0.435 e. The fraction of sp³-hybridized carbons (Fsp3) is 0.200. The number of halogens is 2. The van der Waals surface area contributed by atoms with Crippen LogP contribution in [0.5, 0.6) is 5.75 Å². The van der Waals surface area contributed by atoms with E-state index in [2.05, 4.69) is 25.1 Å². The van der Waals surface area contributed by atoms with E-state index in [1.54, 1.807) is 18.4 Å². The Morgan fingerprint density at radius 3 is 2.60 bits per heavy atom. The van der Waals surface area contributed by atoms with Gasteiger partial charge < -0.3 is 10.1 Å². The number of thioether (sulfide) groups is 1. The van der Waals surface area contributed by atoms with Crippen LogP contribution in [0.25, 0.3) is 16.6 Å². The minimum Gasteiger partial charge on any atom is -0.435 e. The lowest BCUT2D eigenvalue weighted by Gasteiger charge is -2.13. The number of carbonyl (C=O) groups is 1. The molecule has 0 aliphatic heterocycles. The third-order valence-corrected chi connectivity index (χ3v) is 5.30. The second-order valence-electron chi connectivity index (χ2n) is 6.46. The number of carbonyl (C=O) groups excluding carboxylic acids is 1. The molecule has 0 spiro atoms. The molecule has 0 bridgehead atoms. The van der Waals surface area contributed by atoms with Crippen molar-refractivity contribution < 1.29 is 18.3 Å². The molecule has 30 heavy (non-hydrogen) atoms. The minimum absolute atomic E-state index is 0.0229. The molecule has 2 heterocycles. The third-order valence-electron chi connectivity index (χ3n) is 4.25. The summed E-state index contributed by atoms with van der Waals surface area (Å²) in [5.41, 5.74) is 1.92. The Kier molecular flexibility index (Phi) is 5.49. The van der Waals surface area contributed by atoms with Crippen molar-refractivity contribution in [1.29, 1.82) is 0 Å². The van der Waals surface area contributed by atoms with Gasteiger partial charge in [0.15, 0.2) is 10.8 Å². The molecule has 0 saturated heterocycles. The first-order valence-electron chi connectivity index (χ1n) is 9.05. The molecule has 10 heteroatoms. The predicted molar refractivity (Wildman–Crippen MR) is 110 cm³/mol. The molecule has 154 valence electrons. The standard InChI is InChI=1S/C20H17F2N5O2S/c1-11(18(28)24-13-7-9-14(10-8-13)29-19(21)22)30-20-25-16-6-4-3-5-15(16)17-23-12(2)26-27(17)20/h3-11,19H,1-2H3,(H,24,28). The summed E-state index contributed by atoms with van der Waals surface area (Å²) in [5, 5.41) is 8.10. The minimum atomic E-state index is -2.89. The number of anilines is 1. The summed E-state index contributed by atoms with van der Waals surface area (Å²) in [6.07, 6.45) is 0. The lowest BCUT2D eigenvalue weighted by atomic mass is 10.2. The van der Waals surface area contributed by atoms with Gasteiger partial charge in [-0.2, -0.15) is 13.3 Å². The molecular formula is C20H17F2N5O2S. The molecule has 0 aliphatic rings. The van der Waals surface area contributed by atoms with Crippen LogP contribution in [0, 0.1) is 6.92 Å². The zero-order valence-electron chi connectivity index (χ0n) is 16.0. The van der Waals surface area contributed by atoms with Gasteiger partial charge in [0.1, 0.15) is 11.6 Å². The maximum absolute atomic E-state index is 12.6. The van der Waals surface area contributed by atoms with E-state index >= 15 is 0 Å². The summed E-state index contributed by atoms with van der Waals surface area (Å²) in [6, 6.07) is 13.4. The third kappa shape index (κ3) is 4.18. The summed E-state index contributed by atoms with van der Waals surface area (Å²) in [5.74, 6) is 0.371. The van der Waals surface area contributed by atoms with Crippen LogP contribution in [-0.4, -0.2) is 37.4 Å². The first kappa shape index (κ1) is 20.0. The fourth-order valence-electron chi connectivity index (χ4n) is 2.88. The summed E-state index contributed by atoms with van der Waals surface area (Å²) in [7, 11) is 0. The van der Waals surface area contributed by atoms with Crippen LogP contribution in [0.2, 0.25) is 0 Å². The second kappa shape index (κ2) is 8.23. The molecule has 4 rings (SSSR count). The van der Waals surface area contributed by atoms with E-state index in [1.807, 2.05) is 24.3 Å². The Balaban J connectivity index is 1.53. The summed E-state index contributed by atoms with van der Waals surface area (Å²) in [6.45, 7) is 0.655. The van der Waals surface area contributed by atoms with Crippen LogP contribution in [0.15, 0.2) is 53.7 Å². The van der Waals surface area contributed by atoms with Crippen molar-refractivity contribution >= 4 is 39.9 Å². The van der Waals surface area contributed by atoms with E-state index in [0.29, 0.717) is 22.3 Å². The Morgan fingerprint density at radius 2 is 1.87 bits per heavy atom. The first-order valence-corrected chi connectivity index (χ1v) is 9.93. The average molecular weight is 429 g/mol. The van der Waals surface area contributed by atoms with E-state index in [-0.39, 0.29) is 11.7 Å². The highest BCUT2D eigenvalue weighted by molar-refractivity contribution is 8.00. The van der Waals surface area contributed by atoms with Gasteiger partial charge in [-0.1, -0.05) is 23.9 Å². The Hall–Kier alpha value is -3.27. The molecule has 2 aromatic carbocycles. The van der Waals surface area contributed by atoms with Gasteiger partial charge in [-0.3, -0.25) is 4.79 Å². The van der Waals surface area contributed by atoms with Crippen molar-refractivity contribution in [3.63, 3.8) is 0 Å². The number of aromatic nitrogens is 4. The van der Waals surface area contributed by atoms with Crippen LogP contribution in [0.1, 0.15) is 12.7 Å². The van der Waals surface area contributed by atoms with E-state index < -0.39 is 11.9 Å². The van der Waals surface area contributed by atoms with Crippen molar-refractivity contribution in [2.45, 2.75) is 30.9 Å². The van der Waals surface area contributed by atoms with E-state index in [9.17, 15) is 13.6 Å². The average Bonchev–Trinajstić information content (AvgIpc) is 3.11. The number of hydrogen-bond acceptors (Lipinski definition) is 6. The molecule has 1 unspecified atom stereocenters. The Morgan fingerprint density at radius 1 is 1.13 bits per heavy atom. The normalized spacial score (nSPS) is 12.4. The molecule has 0 radical (unpaired) electrons. The fourth-order valence-corrected chi connectivity index (χ4v) is 3.75. The predicted octanol–water partition coefficient (Wildman–Crippen LogP) is 4.31. The number of ether oxygens (including phenoxy) is 1. The number of rotatable bonds is 6. The molecule has 0 aliphatic carbocycles. The molecule has 1 atom stereocenters. The Labute approximate surface area is 174 Å². The van der Waals surface area contributed by atoms with E-state index in [4.69, 9.17) is 0 Å².